The van der Waals surface area contributed by atoms with Gasteiger partial charge in [-0.25, -0.2) is 0 Å². The smallest absolute Gasteiger partial charge is 0.253 e. The van der Waals surface area contributed by atoms with Crippen molar-refractivity contribution in [1.29, 1.82) is 0 Å². The van der Waals surface area contributed by atoms with Crippen LogP contribution in [0.3, 0.4) is 0 Å². The number of hydrogen-bond acceptors (Lipinski definition) is 3. The first-order valence-electron chi connectivity index (χ1n) is 9.70. The Morgan fingerprint density at radius 3 is 2.55 bits per heavy atom. The van der Waals surface area contributed by atoms with Crippen LogP contribution < -0.4 is 10.1 Å². The Morgan fingerprint density at radius 2 is 1.72 bits per heavy atom. The van der Waals surface area contributed by atoms with Gasteiger partial charge in [-0.15, -0.1) is 0 Å². The van der Waals surface area contributed by atoms with Crippen LogP contribution in [0, 0.1) is 0 Å². The number of nitrogens with zero attached hydrogens (tertiary/aromatic N) is 2. The highest BCUT2D eigenvalue weighted by atomic mass is 16.5. The van der Waals surface area contributed by atoms with Gasteiger partial charge in [-0.05, 0) is 24.3 Å². The number of hydrogen-bond donors (Lipinski definition) is 1. The average molecular weight is 391 g/mol. The first-order valence-corrected chi connectivity index (χ1v) is 9.70. The molecule has 1 amide bonds. The van der Waals surface area contributed by atoms with E-state index in [1.54, 1.807) is 14.2 Å². The normalized spacial score (nSPS) is 11.2. The molecule has 2 heterocycles. The van der Waals surface area contributed by atoms with Gasteiger partial charge in [0.15, 0.2) is 0 Å². The molecule has 6 heteroatoms. The van der Waals surface area contributed by atoms with Crippen LogP contribution in [0.5, 0.6) is 5.75 Å². The van der Waals surface area contributed by atoms with Gasteiger partial charge in [0, 0.05) is 55.4 Å². The summed E-state index contributed by atoms with van der Waals surface area (Å²) in [6, 6.07) is 16.0. The van der Waals surface area contributed by atoms with E-state index < -0.39 is 0 Å². The molecule has 0 spiro atoms. The molecule has 6 nitrogen and oxygen atoms in total. The van der Waals surface area contributed by atoms with Gasteiger partial charge in [0.05, 0.1) is 24.8 Å². The molecule has 1 N–H and O–H groups in total. The molecule has 0 aliphatic heterocycles. The molecular weight excluding hydrogens is 366 g/mol. The predicted molar refractivity (Wildman–Crippen MR) is 115 cm³/mol. The van der Waals surface area contributed by atoms with Gasteiger partial charge < -0.3 is 23.9 Å². The molecule has 2 aromatic heterocycles. The standard InChI is InChI=1S/C23H25N3O3/c1-28-15-14-26-16-19(17-6-3-4-7-20(17)26)23(27)24-11-13-25-12-10-18-21(25)8-5-9-22(18)29-2/h3-10,12,16H,11,13-15H2,1-2H3,(H,24,27). The maximum atomic E-state index is 12.9. The Hall–Kier alpha value is -3.25. The molecule has 0 fully saturated rings. The summed E-state index contributed by atoms with van der Waals surface area (Å²) in [5.41, 5.74) is 2.82. The fraction of sp³-hybridized carbons (Fsp3) is 0.261. The molecule has 150 valence electrons. The number of para-hydroxylation sites is 1. The highest BCUT2D eigenvalue weighted by Gasteiger charge is 2.14. The van der Waals surface area contributed by atoms with E-state index in [1.165, 1.54) is 0 Å². The summed E-state index contributed by atoms with van der Waals surface area (Å²) in [7, 11) is 3.36. The third-order valence-corrected chi connectivity index (χ3v) is 5.20. The Morgan fingerprint density at radius 1 is 0.931 bits per heavy atom. The number of carbonyl (C=O) groups excluding carboxylic acids is 1. The second-order valence-corrected chi connectivity index (χ2v) is 6.90. The highest BCUT2D eigenvalue weighted by Crippen LogP contribution is 2.26. The van der Waals surface area contributed by atoms with Gasteiger partial charge in [0.25, 0.3) is 5.91 Å². The van der Waals surface area contributed by atoms with E-state index in [0.717, 1.165) is 27.6 Å². The Balaban J connectivity index is 1.48. The third kappa shape index (κ3) is 3.71. The zero-order chi connectivity index (χ0) is 20.2. The summed E-state index contributed by atoms with van der Waals surface area (Å²) in [4.78, 5) is 12.9. The Kier molecular flexibility index (Phi) is 5.53. The van der Waals surface area contributed by atoms with E-state index in [1.807, 2.05) is 54.9 Å². The fourth-order valence-electron chi connectivity index (χ4n) is 3.76. The fourth-order valence-corrected chi connectivity index (χ4v) is 3.76. The van der Waals surface area contributed by atoms with E-state index in [2.05, 4.69) is 20.5 Å². The number of carbonyl (C=O) groups is 1. The highest BCUT2D eigenvalue weighted by molar-refractivity contribution is 6.07. The van der Waals surface area contributed by atoms with Crippen molar-refractivity contribution in [1.82, 2.24) is 14.5 Å². The number of methoxy groups -OCH3 is 2. The molecule has 2 aromatic carbocycles. The summed E-state index contributed by atoms with van der Waals surface area (Å²) in [5, 5.41) is 5.08. The number of amides is 1. The molecule has 0 saturated heterocycles. The van der Waals surface area contributed by atoms with Crippen molar-refractivity contribution in [2.24, 2.45) is 0 Å². The summed E-state index contributed by atoms with van der Waals surface area (Å²) in [5.74, 6) is 0.792. The van der Waals surface area contributed by atoms with E-state index >= 15 is 0 Å². The lowest BCUT2D eigenvalue weighted by Crippen LogP contribution is -2.27. The van der Waals surface area contributed by atoms with E-state index in [9.17, 15) is 4.79 Å². The number of ether oxygens (including phenoxy) is 2. The van der Waals surface area contributed by atoms with Gasteiger partial charge in [0.1, 0.15) is 5.75 Å². The van der Waals surface area contributed by atoms with Crippen molar-refractivity contribution in [2.45, 2.75) is 13.1 Å². The summed E-state index contributed by atoms with van der Waals surface area (Å²) >= 11 is 0. The topological polar surface area (TPSA) is 57.4 Å². The molecule has 0 saturated carbocycles. The first kappa shape index (κ1) is 19.1. The van der Waals surface area contributed by atoms with E-state index in [0.29, 0.717) is 31.8 Å². The minimum atomic E-state index is -0.0635. The van der Waals surface area contributed by atoms with Crippen LogP contribution in [-0.4, -0.2) is 42.4 Å². The number of aromatic nitrogens is 2. The van der Waals surface area contributed by atoms with Crippen LogP contribution in [-0.2, 0) is 17.8 Å². The number of benzene rings is 2. The van der Waals surface area contributed by atoms with E-state index in [-0.39, 0.29) is 5.91 Å². The van der Waals surface area contributed by atoms with Crippen molar-refractivity contribution in [3.05, 3.63) is 66.5 Å². The van der Waals surface area contributed by atoms with Gasteiger partial charge in [-0.2, -0.15) is 0 Å². The number of nitrogens with one attached hydrogen (secondary N) is 1. The molecule has 0 radical (unpaired) electrons. The van der Waals surface area contributed by atoms with Crippen LogP contribution in [0.2, 0.25) is 0 Å². The van der Waals surface area contributed by atoms with Gasteiger partial charge in [-0.1, -0.05) is 24.3 Å². The second-order valence-electron chi connectivity index (χ2n) is 6.90. The SMILES string of the molecule is COCCn1cc(C(=O)NCCn2ccc3c(OC)cccc32)c2ccccc21. The van der Waals surface area contributed by atoms with Crippen molar-refractivity contribution in [2.75, 3.05) is 27.4 Å². The van der Waals surface area contributed by atoms with Gasteiger partial charge >= 0.3 is 0 Å². The molecule has 0 aliphatic rings. The van der Waals surface area contributed by atoms with Crippen LogP contribution in [0.1, 0.15) is 10.4 Å². The second kappa shape index (κ2) is 8.41. The quantitative estimate of drug-likeness (QED) is 0.498. The van der Waals surface area contributed by atoms with Crippen LogP contribution >= 0.6 is 0 Å². The third-order valence-electron chi connectivity index (χ3n) is 5.20. The van der Waals surface area contributed by atoms with Crippen LogP contribution in [0.4, 0.5) is 0 Å². The first-order chi connectivity index (χ1) is 14.2. The monoisotopic (exact) mass is 391 g/mol. The molecule has 4 aromatic rings. The molecular formula is C23H25N3O3. The van der Waals surface area contributed by atoms with Crippen molar-refractivity contribution < 1.29 is 14.3 Å². The molecule has 0 aliphatic carbocycles. The largest absolute Gasteiger partial charge is 0.496 e. The number of fused-ring (bicyclic) bond motifs is 2. The predicted octanol–water partition coefficient (Wildman–Crippen LogP) is 3.68. The van der Waals surface area contributed by atoms with Gasteiger partial charge in [-0.3, -0.25) is 4.79 Å². The molecule has 4 rings (SSSR count). The number of rotatable bonds is 8. The summed E-state index contributed by atoms with van der Waals surface area (Å²) < 4.78 is 14.8. The minimum absolute atomic E-state index is 0.0635. The summed E-state index contributed by atoms with van der Waals surface area (Å²) in [6.07, 6.45) is 3.94. The zero-order valence-electron chi connectivity index (χ0n) is 16.7. The average Bonchev–Trinajstić information content (AvgIpc) is 3.34. The maximum absolute atomic E-state index is 12.9. The maximum Gasteiger partial charge on any atom is 0.253 e. The molecule has 0 bridgehead atoms. The minimum Gasteiger partial charge on any atom is -0.496 e. The molecule has 0 unspecified atom stereocenters. The van der Waals surface area contributed by atoms with Crippen LogP contribution in [0.25, 0.3) is 21.8 Å². The van der Waals surface area contributed by atoms with Crippen molar-refractivity contribution >= 4 is 27.7 Å². The molecule has 0 atom stereocenters. The van der Waals surface area contributed by atoms with E-state index in [4.69, 9.17) is 9.47 Å². The Bertz CT molecular complexity index is 1140. The lowest BCUT2D eigenvalue weighted by molar-refractivity contribution is 0.0953. The lowest BCUT2D eigenvalue weighted by Gasteiger charge is -2.08. The van der Waals surface area contributed by atoms with Crippen LogP contribution in [0.15, 0.2) is 60.9 Å². The van der Waals surface area contributed by atoms with Crippen molar-refractivity contribution in [3.8, 4) is 5.75 Å². The van der Waals surface area contributed by atoms with Crippen molar-refractivity contribution in [3.63, 3.8) is 0 Å². The summed E-state index contributed by atoms with van der Waals surface area (Å²) in [6.45, 7) is 2.54. The molecule has 29 heavy (non-hydrogen) atoms. The van der Waals surface area contributed by atoms with Gasteiger partial charge in [0.2, 0.25) is 0 Å². The Labute approximate surface area is 169 Å². The zero-order valence-corrected chi connectivity index (χ0v) is 16.7. The lowest BCUT2D eigenvalue weighted by atomic mass is 10.1.